The van der Waals surface area contributed by atoms with Crippen molar-refractivity contribution in [2.45, 2.75) is 44.4 Å². The Hall–Kier alpha value is -2.47. The van der Waals surface area contributed by atoms with E-state index < -0.39 is 0 Å². The summed E-state index contributed by atoms with van der Waals surface area (Å²) in [7, 11) is 0. The average Bonchev–Trinajstić information content (AvgIpc) is 2.73. The molecule has 0 atom stereocenters. The van der Waals surface area contributed by atoms with E-state index in [-0.39, 0.29) is 24.7 Å². The number of fused-ring (bicyclic) bond motifs is 1. The number of amides is 2. The van der Waals surface area contributed by atoms with Crippen molar-refractivity contribution in [2.24, 2.45) is 0 Å². The van der Waals surface area contributed by atoms with Crippen LogP contribution in [0.1, 0.15) is 38.2 Å². The van der Waals surface area contributed by atoms with E-state index in [4.69, 9.17) is 4.74 Å². The highest BCUT2D eigenvalue weighted by Gasteiger charge is 2.23. The van der Waals surface area contributed by atoms with Crippen LogP contribution in [0.4, 0.5) is 11.4 Å². The number of benzene rings is 2. The molecular formula is C23H28N2O3S. The molecule has 2 aromatic carbocycles. The first-order valence-electron chi connectivity index (χ1n) is 10.1. The number of hydrogen-bond acceptors (Lipinski definition) is 4. The van der Waals surface area contributed by atoms with Gasteiger partial charge in [-0.2, -0.15) is 0 Å². The van der Waals surface area contributed by atoms with E-state index in [0.717, 1.165) is 46.2 Å². The first kappa shape index (κ1) is 21.2. The Labute approximate surface area is 176 Å². The lowest BCUT2D eigenvalue weighted by Gasteiger charge is -2.29. The Morgan fingerprint density at radius 2 is 2.00 bits per heavy atom. The number of rotatable bonds is 8. The number of carbonyl (C=O) groups excluding carboxylic acids is 2. The smallest absolute Gasteiger partial charge is 0.227 e. The number of carbonyl (C=O) groups is 2. The van der Waals surface area contributed by atoms with Gasteiger partial charge in [-0.25, -0.2) is 0 Å². The van der Waals surface area contributed by atoms with Gasteiger partial charge in [0.1, 0.15) is 5.75 Å². The molecule has 0 saturated carbocycles. The van der Waals surface area contributed by atoms with Crippen molar-refractivity contribution in [2.75, 3.05) is 29.1 Å². The van der Waals surface area contributed by atoms with Crippen molar-refractivity contribution >= 4 is 35.0 Å². The Morgan fingerprint density at radius 1 is 1.17 bits per heavy atom. The zero-order valence-electron chi connectivity index (χ0n) is 17.1. The van der Waals surface area contributed by atoms with E-state index in [1.54, 1.807) is 16.7 Å². The van der Waals surface area contributed by atoms with E-state index in [1.807, 2.05) is 49.4 Å². The first-order valence-corrected chi connectivity index (χ1v) is 11.1. The zero-order chi connectivity index (χ0) is 20.6. The molecular weight excluding hydrogens is 384 g/mol. The van der Waals surface area contributed by atoms with Crippen LogP contribution in [0.25, 0.3) is 0 Å². The van der Waals surface area contributed by atoms with Crippen LogP contribution < -0.4 is 15.0 Å². The van der Waals surface area contributed by atoms with E-state index in [0.29, 0.717) is 13.2 Å². The summed E-state index contributed by atoms with van der Waals surface area (Å²) >= 11 is 1.76. The van der Waals surface area contributed by atoms with Crippen molar-refractivity contribution in [3.63, 3.8) is 0 Å². The molecule has 3 rings (SSSR count). The van der Waals surface area contributed by atoms with E-state index >= 15 is 0 Å². The predicted octanol–water partition coefficient (Wildman–Crippen LogP) is 5.03. The van der Waals surface area contributed by atoms with Gasteiger partial charge in [0.15, 0.2) is 0 Å². The number of nitrogens with zero attached hydrogens (tertiary/aromatic N) is 1. The third-order valence-corrected chi connectivity index (χ3v) is 5.88. The maximum Gasteiger partial charge on any atom is 0.227 e. The van der Waals surface area contributed by atoms with Gasteiger partial charge in [-0.15, -0.1) is 11.8 Å². The molecule has 1 N–H and O–H groups in total. The molecule has 2 aromatic rings. The molecule has 1 heterocycles. The van der Waals surface area contributed by atoms with Crippen LogP contribution in [0.15, 0.2) is 47.4 Å². The second kappa shape index (κ2) is 10.3. The fourth-order valence-corrected chi connectivity index (χ4v) is 4.19. The predicted molar refractivity (Wildman–Crippen MR) is 119 cm³/mol. The monoisotopic (exact) mass is 412 g/mol. The molecule has 0 radical (unpaired) electrons. The second-order valence-electron chi connectivity index (χ2n) is 7.09. The van der Waals surface area contributed by atoms with Gasteiger partial charge in [0, 0.05) is 35.7 Å². The highest BCUT2D eigenvalue weighted by Crippen LogP contribution is 2.34. The summed E-state index contributed by atoms with van der Waals surface area (Å²) in [5.41, 5.74) is 2.65. The maximum absolute atomic E-state index is 12.7. The summed E-state index contributed by atoms with van der Waals surface area (Å²) in [6, 6.07) is 13.6. The lowest BCUT2D eigenvalue weighted by atomic mass is 10.1. The average molecular weight is 413 g/mol. The molecule has 0 unspecified atom stereocenters. The molecule has 0 aromatic heterocycles. The summed E-state index contributed by atoms with van der Waals surface area (Å²) in [5.74, 6) is 1.52. The summed E-state index contributed by atoms with van der Waals surface area (Å²) in [4.78, 5) is 28.0. The molecule has 2 amide bonds. The van der Waals surface area contributed by atoms with Crippen molar-refractivity contribution < 1.29 is 14.3 Å². The van der Waals surface area contributed by atoms with Crippen LogP contribution >= 0.6 is 11.8 Å². The molecule has 29 heavy (non-hydrogen) atoms. The van der Waals surface area contributed by atoms with Gasteiger partial charge in [0.25, 0.3) is 0 Å². The van der Waals surface area contributed by atoms with Crippen LogP contribution in [-0.4, -0.2) is 30.7 Å². The maximum atomic E-state index is 12.7. The number of aryl methyl sites for hydroxylation is 1. The summed E-state index contributed by atoms with van der Waals surface area (Å²) < 4.78 is 5.70. The zero-order valence-corrected chi connectivity index (χ0v) is 17.9. The summed E-state index contributed by atoms with van der Waals surface area (Å²) in [6.45, 7) is 5.44. The molecule has 0 fully saturated rings. The van der Waals surface area contributed by atoms with E-state index in [1.165, 1.54) is 0 Å². The molecule has 154 valence electrons. The minimum atomic E-state index is -0.152. The fourth-order valence-electron chi connectivity index (χ4n) is 3.20. The highest BCUT2D eigenvalue weighted by molar-refractivity contribution is 7.99. The number of para-hydroxylation sites is 1. The van der Waals surface area contributed by atoms with Crippen LogP contribution in [-0.2, 0) is 9.59 Å². The van der Waals surface area contributed by atoms with Gasteiger partial charge < -0.3 is 15.0 Å². The van der Waals surface area contributed by atoms with Crippen molar-refractivity contribution in [3.8, 4) is 5.75 Å². The third-order valence-electron chi connectivity index (χ3n) is 4.83. The van der Waals surface area contributed by atoms with Gasteiger partial charge in [-0.05, 0) is 49.2 Å². The number of anilines is 2. The summed E-state index contributed by atoms with van der Waals surface area (Å²) in [6.07, 6.45) is 2.47. The molecule has 0 bridgehead atoms. The van der Waals surface area contributed by atoms with Gasteiger partial charge >= 0.3 is 0 Å². The molecule has 0 aliphatic carbocycles. The topological polar surface area (TPSA) is 58.6 Å². The standard InChI is InChI=1S/C23H28N2O3S/c1-3-4-14-28-18-9-10-19(17(2)16-18)24-22(26)11-12-23(27)25-13-15-29-21-8-6-5-7-20(21)25/h5-10,16H,3-4,11-15H2,1-2H3,(H,24,26). The Kier molecular flexibility index (Phi) is 7.58. The van der Waals surface area contributed by atoms with Crippen LogP contribution in [0.3, 0.4) is 0 Å². The van der Waals surface area contributed by atoms with Gasteiger partial charge in [0.2, 0.25) is 11.8 Å². The van der Waals surface area contributed by atoms with Crippen molar-refractivity contribution in [1.29, 1.82) is 0 Å². The Balaban J connectivity index is 1.52. The normalized spacial score (nSPS) is 13.0. The number of nitrogens with one attached hydrogen (secondary N) is 1. The minimum absolute atomic E-state index is 0.00991. The molecule has 5 nitrogen and oxygen atoms in total. The van der Waals surface area contributed by atoms with Crippen LogP contribution in [0.2, 0.25) is 0 Å². The molecule has 1 aliphatic heterocycles. The Morgan fingerprint density at radius 3 is 2.79 bits per heavy atom. The van der Waals surface area contributed by atoms with E-state index in [9.17, 15) is 9.59 Å². The quantitative estimate of drug-likeness (QED) is 0.618. The fraction of sp³-hybridized carbons (Fsp3) is 0.391. The van der Waals surface area contributed by atoms with Gasteiger partial charge in [-0.3, -0.25) is 9.59 Å². The summed E-state index contributed by atoms with van der Waals surface area (Å²) in [5, 5.41) is 2.91. The Bertz CT molecular complexity index is 869. The van der Waals surface area contributed by atoms with E-state index in [2.05, 4.69) is 12.2 Å². The van der Waals surface area contributed by atoms with Crippen LogP contribution in [0, 0.1) is 6.92 Å². The molecule has 0 spiro atoms. The van der Waals surface area contributed by atoms with Gasteiger partial charge in [0.05, 0.1) is 12.3 Å². The number of ether oxygens (including phenoxy) is 1. The lowest BCUT2D eigenvalue weighted by Crippen LogP contribution is -2.35. The van der Waals surface area contributed by atoms with Crippen LogP contribution in [0.5, 0.6) is 5.75 Å². The molecule has 1 aliphatic rings. The second-order valence-corrected chi connectivity index (χ2v) is 8.23. The third kappa shape index (κ3) is 5.76. The van der Waals surface area contributed by atoms with Crippen molar-refractivity contribution in [1.82, 2.24) is 0 Å². The first-order chi connectivity index (χ1) is 14.1. The number of hydrogen-bond donors (Lipinski definition) is 1. The molecule has 0 saturated heterocycles. The number of unbranched alkanes of at least 4 members (excludes halogenated alkanes) is 1. The minimum Gasteiger partial charge on any atom is -0.494 e. The highest BCUT2D eigenvalue weighted by atomic mass is 32.2. The lowest BCUT2D eigenvalue weighted by molar-refractivity contribution is -0.122. The SMILES string of the molecule is CCCCOc1ccc(NC(=O)CCC(=O)N2CCSc3ccccc32)c(C)c1. The molecule has 6 heteroatoms. The number of thioether (sulfide) groups is 1. The van der Waals surface area contributed by atoms with Crippen molar-refractivity contribution in [3.05, 3.63) is 48.0 Å². The largest absolute Gasteiger partial charge is 0.494 e. The van der Waals surface area contributed by atoms with Gasteiger partial charge in [-0.1, -0.05) is 25.5 Å².